The van der Waals surface area contributed by atoms with Crippen LogP contribution in [0.25, 0.3) is 0 Å². The van der Waals surface area contributed by atoms with E-state index in [0.29, 0.717) is 12.0 Å². The standard InChI is InChI=1S/C17H24N2/c1-12-9-10-15-7-5-6-8-16(15)14(3)19-13(2)11-17(12)18-4/h5-8,12,17-18H,2,9-11H2,1,3-4H3. The van der Waals surface area contributed by atoms with Gasteiger partial charge < -0.3 is 5.32 Å². The van der Waals surface area contributed by atoms with Crippen molar-refractivity contribution in [1.29, 1.82) is 0 Å². The van der Waals surface area contributed by atoms with Crippen molar-refractivity contribution >= 4 is 5.71 Å². The van der Waals surface area contributed by atoms with Crippen molar-refractivity contribution in [3.63, 3.8) is 0 Å². The van der Waals surface area contributed by atoms with Gasteiger partial charge in [-0.3, -0.25) is 4.99 Å². The summed E-state index contributed by atoms with van der Waals surface area (Å²) in [5.41, 5.74) is 4.74. The number of aliphatic imine (C=N–C) groups is 1. The van der Waals surface area contributed by atoms with E-state index >= 15 is 0 Å². The van der Waals surface area contributed by atoms with Crippen LogP contribution in [0.4, 0.5) is 0 Å². The molecule has 102 valence electrons. The molecule has 1 aromatic rings. The molecule has 1 aliphatic rings. The lowest BCUT2D eigenvalue weighted by molar-refractivity contribution is 0.373. The van der Waals surface area contributed by atoms with Crippen LogP contribution in [0.1, 0.15) is 37.8 Å². The first-order valence-corrected chi connectivity index (χ1v) is 7.10. The zero-order chi connectivity index (χ0) is 13.8. The summed E-state index contributed by atoms with van der Waals surface area (Å²) in [5, 5.41) is 3.41. The monoisotopic (exact) mass is 256 g/mol. The molecule has 2 atom stereocenters. The quantitative estimate of drug-likeness (QED) is 0.816. The first kappa shape index (κ1) is 14.0. The van der Waals surface area contributed by atoms with E-state index in [-0.39, 0.29) is 0 Å². The third-order valence-electron chi connectivity index (χ3n) is 4.12. The second-order valence-electron chi connectivity index (χ2n) is 5.54. The van der Waals surface area contributed by atoms with Crippen molar-refractivity contribution in [2.45, 2.75) is 39.2 Å². The Morgan fingerprint density at radius 3 is 2.79 bits per heavy atom. The van der Waals surface area contributed by atoms with E-state index in [1.54, 1.807) is 0 Å². The summed E-state index contributed by atoms with van der Waals surface area (Å²) < 4.78 is 0. The Labute approximate surface area is 116 Å². The fourth-order valence-electron chi connectivity index (χ4n) is 2.86. The summed E-state index contributed by atoms with van der Waals surface area (Å²) in [6.07, 6.45) is 3.25. The van der Waals surface area contributed by atoms with Gasteiger partial charge in [-0.1, -0.05) is 37.8 Å². The second-order valence-corrected chi connectivity index (χ2v) is 5.54. The molecule has 19 heavy (non-hydrogen) atoms. The van der Waals surface area contributed by atoms with Crippen molar-refractivity contribution < 1.29 is 0 Å². The van der Waals surface area contributed by atoms with Crippen molar-refractivity contribution in [2.75, 3.05) is 7.05 Å². The summed E-state index contributed by atoms with van der Waals surface area (Å²) in [7, 11) is 2.03. The van der Waals surface area contributed by atoms with Crippen molar-refractivity contribution in [3.05, 3.63) is 47.7 Å². The SMILES string of the molecule is C=C1CC(NC)C(C)CCc2ccccc2C(C)=N1. The number of aryl methyl sites for hydroxylation is 1. The van der Waals surface area contributed by atoms with Crippen molar-refractivity contribution in [1.82, 2.24) is 5.32 Å². The van der Waals surface area contributed by atoms with Crippen LogP contribution in [-0.4, -0.2) is 18.8 Å². The lowest BCUT2D eigenvalue weighted by atomic mass is 9.89. The Kier molecular flexibility index (Phi) is 4.54. The molecule has 0 amide bonds. The molecule has 0 aliphatic carbocycles. The van der Waals surface area contributed by atoms with Crippen LogP contribution in [0.5, 0.6) is 0 Å². The van der Waals surface area contributed by atoms with Crippen LogP contribution < -0.4 is 5.32 Å². The average Bonchev–Trinajstić information content (AvgIpc) is 2.41. The third-order valence-corrected chi connectivity index (χ3v) is 4.12. The lowest BCUT2D eigenvalue weighted by Gasteiger charge is -2.25. The van der Waals surface area contributed by atoms with Gasteiger partial charge in [-0.25, -0.2) is 0 Å². The van der Waals surface area contributed by atoms with Gasteiger partial charge in [-0.05, 0) is 43.9 Å². The van der Waals surface area contributed by atoms with Crippen LogP contribution in [0, 0.1) is 5.92 Å². The predicted molar refractivity (Wildman–Crippen MR) is 82.7 cm³/mol. The molecule has 0 aromatic heterocycles. The maximum absolute atomic E-state index is 4.69. The second kappa shape index (κ2) is 6.16. The molecular formula is C17H24N2. The molecule has 2 heteroatoms. The molecule has 2 unspecified atom stereocenters. The Balaban J connectivity index is 2.37. The highest BCUT2D eigenvalue weighted by molar-refractivity contribution is 6.00. The number of hydrogen-bond acceptors (Lipinski definition) is 2. The van der Waals surface area contributed by atoms with Gasteiger partial charge in [0, 0.05) is 23.9 Å². The van der Waals surface area contributed by atoms with Gasteiger partial charge in [0.05, 0.1) is 0 Å². The topological polar surface area (TPSA) is 24.4 Å². The van der Waals surface area contributed by atoms with E-state index in [1.807, 2.05) is 7.05 Å². The first-order chi connectivity index (χ1) is 9.11. The van der Waals surface area contributed by atoms with Gasteiger partial charge in [-0.15, -0.1) is 0 Å². The summed E-state index contributed by atoms with van der Waals surface area (Å²) in [4.78, 5) is 4.69. The highest BCUT2D eigenvalue weighted by atomic mass is 14.9. The van der Waals surface area contributed by atoms with Gasteiger partial charge in [-0.2, -0.15) is 0 Å². The van der Waals surface area contributed by atoms with Crippen LogP contribution in [-0.2, 0) is 6.42 Å². The smallest absolute Gasteiger partial charge is 0.0450 e. The summed E-state index contributed by atoms with van der Waals surface area (Å²) in [6.45, 7) is 8.52. The number of benzene rings is 1. The predicted octanol–water partition coefficient (Wildman–Crippen LogP) is 3.57. The normalized spacial score (nSPS) is 24.6. The minimum absolute atomic E-state index is 0.467. The molecular weight excluding hydrogens is 232 g/mol. The lowest BCUT2D eigenvalue weighted by Crippen LogP contribution is -2.33. The van der Waals surface area contributed by atoms with Gasteiger partial charge in [0.1, 0.15) is 0 Å². The molecule has 0 radical (unpaired) electrons. The van der Waals surface area contributed by atoms with Crippen LogP contribution >= 0.6 is 0 Å². The number of fused-ring (bicyclic) bond motifs is 1. The Morgan fingerprint density at radius 1 is 1.32 bits per heavy atom. The van der Waals surface area contributed by atoms with Crippen LogP contribution in [0.15, 0.2) is 41.5 Å². The molecule has 2 nitrogen and oxygen atoms in total. The molecule has 1 heterocycles. The highest BCUT2D eigenvalue weighted by Crippen LogP contribution is 2.23. The minimum atomic E-state index is 0.467. The molecule has 0 fully saturated rings. The molecule has 1 aliphatic heterocycles. The van der Waals surface area contributed by atoms with E-state index in [4.69, 9.17) is 4.99 Å². The molecule has 0 saturated heterocycles. The zero-order valence-corrected chi connectivity index (χ0v) is 12.2. The zero-order valence-electron chi connectivity index (χ0n) is 12.2. The molecule has 1 N–H and O–H groups in total. The van der Waals surface area contributed by atoms with Crippen LogP contribution in [0.2, 0.25) is 0 Å². The largest absolute Gasteiger partial charge is 0.316 e. The Bertz CT molecular complexity index is 488. The number of hydrogen-bond donors (Lipinski definition) is 1. The maximum Gasteiger partial charge on any atom is 0.0450 e. The average molecular weight is 256 g/mol. The Morgan fingerprint density at radius 2 is 2.05 bits per heavy atom. The van der Waals surface area contributed by atoms with Crippen molar-refractivity contribution in [2.24, 2.45) is 10.9 Å². The minimum Gasteiger partial charge on any atom is -0.316 e. The summed E-state index contributed by atoms with van der Waals surface area (Å²) in [6, 6.07) is 9.07. The van der Waals surface area contributed by atoms with Gasteiger partial charge in [0.2, 0.25) is 0 Å². The van der Waals surface area contributed by atoms with Gasteiger partial charge >= 0.3 is 0 Å². The fraction of sp³-hybridized carbons (Fsp3) is 0.471. The van der Waals surface area contributed by atoms with E-state index < -0.39 is 0 Å². The van der Waals surface area contributed by atoms with E-state index in [2.05, 4.69) is 50.0 Å². The number of nitrogens with zero attached hydrogens (tertiary/aromatic N) is 1. The molecule has 0 saturated carbocycles. The molecule has 2 rings (SSSR count). The first-order valence-electron chi connectivity index (χ1n) is 7.10. The number of nitrogens with one attached hydrogen (secondary N) is 1. The molecule has 1 aromatic carbocycles. The summed E-state index contributed by atoms with van der Waals surface area (Å²) >= 11 is 0. The van der Waals surface area contributed by atoms with Crippen molar-refractivity contribution in [3.8, 4) is 0 Å². The fourth-order valence-corrected chi connectivity index (χ4v) is 2.86. The highest BCUT2D eigenvalue weighted by Gasteiger charge is 2.18. The van der Waals surface area contributed by atoms with Gasteiger partial charge in [0.15, 0.2) is 0 Å². The van der Waals surface area contributed by atoms with E-state index in [0.717, 1.165) is 24.3 Å². The Hall–Kier alpha value is -1.41. The molecule has 0 spiro atoms. The summed E-state index contributed by atoms with van der Waals surface area (Å²) in [5.74, 6) is 0.628. The van der Waals surface area contributed by atoms with E-state index in [1.165, 1.54) is 17.5 Å². The van der Waals surface area contributed by atoms with Crippen LogP contribution in [0.3, 0.4) is 0 Å². The number of rotatable bonds is 1. The maximum atomic E-state index is 4.69. The van der Waals surface area contributed by atoms with E-state index in [9.17, 15) is 0 Å². The third kappa shape index (κ3) is 3.32. The molecule has 0 bridgehead atoms. The van der Waals surface area contributed by atoms with Gasteiger partial charge in [0.25, 0.3) is 0 Å².